The van der Waals surface area contributed by atoms with E-state index < -0.39 is 5.60 Å². The molecule has 1 aliphatic heterocycles. The molecule has 0 aliphatic carbocycles. The first-order valence-electron chi connectivity index (χ1n) is 10.6. The number of rotatable bonds is 4. The maximum absolute atomic E-state index is 12.5. The van der Waals surface area contributed by atoms with E-state index in [4.69, 9.17) is 26.1 Å². The van der Waals surface area contributed by atoms with Gasteiger partial charge < -0.3 is 14.4 Å². The number of amides is 1. The Bertz CT molecular complexity index is 1060. The highest BCUT2D eigenvalue weighted by Crippen LogP contribution is 2.26. The molecule has 3 aromatic rings. The van der Waals surface area contributed by atoms with Gasteiger partial charge in [-0.1, -0.05) is 35.9 Å². The summed E-state index contributed by atoms with van der Waals surface area (Å²) in [6.45, 7) is 7.41. The number of carbonyl (C=O) groups is 1. The highest BCUT2D eigenvalue weighted by molar-refractivity contribution is 6.30. The normalized spacial score (nSPS) is 17.0. The topological polar surface area (TPSA) is 56.6 Å². The third-order valence-electron chi connectivity index (χ3n) is 5.18. The first-order chi connectivity index (χ1) is 14.8. The van der Waals surface area contributed by atoms with Crippen LogP contribution in [0.25, 0.3) is 11.0 Å². The van der Waals surface area contributed by atoms with Gasteiger partial charge in [0.15, 0.2) is 0 Å². The van der Waals surface area contributed by atoms with E-state index in [1.165, 1.54) is 0 Å². The predicted octanol–water partition coefficient (Wildman–Crippen LogP) is 5.52. The fourth-order valence-electron chi connectivity index (χ4n) is 3.74. The van der Waals surface area contributed by atoms with E-state index in [1.54, 1.807) is 4.90 Å². The Kier molecular flexibility index (Phi) is 6.10. The lowest BCUT2D eigenvalue weighted by Gasteiger charge is -2.34. The molecule has 0 spiro atoms. The lowest BCUT2D eigenvalue weighted by molar-refractivity contribution is 0.00626. The minimum absolute atomic E-state index is 0.137. The summed E-state index contributed by atoms with van der Waals surface area (Å²) >= 11 is 6.04. The molecule has 7 heteroatoms. The van der Waals surface area contributed by atoms with E-state index in [0.29, 0.717) is 30.7 Å². The van der Waals surface area contributed by atoms with Gasteiger partial charge in [-0.3, -0.25) is 4.57 Å². The standard InChI is InChI=1S/C24H28ClN3O3/c1-24(2,3)31-23(29)27-14-6-7-19(16-27)30-22-26-20-8-4-5-9-21(20)28(22)15-17-10-12-18(25)13-11-17/h4-5,8-13,19H,6-7,14-16H2,1-3H3/t19-/m0/s1. The second-order valence-electron chi connectivity index (χ2n) is 8.90. The predicted molar refractivity (Wildman–Crippen MR) is 122 cm³/mol. The van der Waals surface area contributed by atoms with E-state index in [2.05, 4.69) is 4.57 Å². The smallest absolute Gasteiger partial charge is 0.410 e. The summed E-state index contributed by atoms with van der Waals surface area (Å²) < 4.78 is 14.0. The Morgan fingerprint density at radius 1 is 1.16 bits per heavy atom. The molecule has 0 unspecified atom stereocenters. The van der Waals surface area contributed by atoms with Crippen LogP contribution in [0.5, 0.6) is 6.01 Å². The van der Waals surface area contributed by atoms with Gasteiger partial charge in [0.25, 0.3) is 6.01 Å². The SMILES string of the molecule is CC(C)(C)OC(=O)N1CCC[C@H](Oc2nc3ccccc3n2Cc2ccc(Cl)cc2)C1. The number of carbonyl (C=O) groups excluding carboxylic acids is 1. The second-order valence-corrected chi connectivity index (χ2v) is 9.34. The van der Waals surface area contributed by atoms with Gasteiger partial charge in [0, 0.05) is 11.6 Å². The fourth-order valence-corrected chi connectivity index (χ4v) is 3.87. The number of halogens is 1. The molecule has 6 nitrogen and oxygen atoms in total. The number of benzene rings is 2. The van der Waals surface area contributed by atoms with Gasteiger partial charge in [-0.05, 0) is 63.4 Å². The Hall–Kier alpha value is -2.73. The lowest BCUT2D eigenvalue weighted by atomic mass is 10.1. The number of nitrogens with zero attached hydrogens (tertiary/aromatic N) is 3. The number of likely N-dealkylation sites (tertiary alicyclic amines) is 1. The molecule has 0 radical (unpaired) electrons. The molecular formula is C24H28ClN3O3. The van der Waals surface area contributed by atoms with Crippen LogP contribution in [-0.2, 0) is 11.3 Å². The van der Waals surface area contributed by atoms with Crippen LogP contribution in [0.1, 0.15) is 39.2 Å². The van der Waals surface area contributed by atoms with Crippen molar-refractivity contribution in [3.8, 4) is 6.01 Å². The van der Waals surface area contributed by atoms with Crippen molar-refractivity contribution >= 4 is 28.7 Å². The number of piperidine rings is 1. The minimum Gasteiger partial charge on any atom is -0.459 e. The van der Waals surface area contributed by atoms with Gasteiger partial charge in [0.1, 0.15) is 11.7 Å². The molecule has 0 bridgehead atoms. The Labute approximate surface area is 187 Å². The number of para-hydroxylation sites is 2. The Balaban J connectivity index is 1.55. The molecule has 1 fully saturated rings. The molecule has 2 heterocycles. The summed E-state index contributed by atoms with van der Waals surface area (Å²) in [5.41, 5.74) is 2.48. The number of ether oxygens (including phenoxy) is 2. The highest BCUT2D eigenvalue weighted by Gasteiger charge is 2.29. The number of hydrogen-bond donors (Lipinski definition) is 0. The van der Waals surface area contributed by atoms with Crippen molar-refractivity contribution in [2.45, 2.75) is 51.9 Å². The van der Waals surface area contributed by atoms with Crippen molar-refractivity contribution in [3.63, 3.8) is 0 Å². The van der Waals surface area contributed by atoms with Crippen molar-refractivity contribution in [2.75, 3.05) is 13.1 Å². The van der Waals surface area contributed by atoms with Crippen molar-refractivity contribution in [2.24, 2.45) is 0 Å². The summed E-state index contributed by atoms with van der Waals surface area (Å²) in [4.78, 5) is 19.0. The van der Waals surface area contributed by atoms with Crippen molar-refractivity contribution < 1.29 is 14.3 Å². The molecule has 1 aromatic heterocycles. The summed E-state index contributed by atoms with van der Waals surface area (Å²) in [6, 6.07) is 16.3. The third-order valence-corrected chi connectivity index (χ3v) is 5.43. The van der Waals surface area contributed by atoms with Crippen LogP contribution in [0.15, 0.2) is 48.5 Å². The maximum Gasteiger partial charge on any atom is 0.410 e. The minimum atomic E-state index is -0.516. The first-order valence-corrected chi connectivity index (χ1v) is 11.0. The van der Waals surface area contributed by atoms with Gasteiger partial charge in [-0.25, -0.2) is 4.79 Å². The van der Waals surface area contributed by atoms with Crippen LogP contribution in [0.3, 0.4) is 0 Å². The molecule has 2 aromatic carbocycles. The maximum atomic E-state index is 12.5. The molecule has 1 saturated heterocycles. The highest BCUT2D eigenvalue weighted by atomic mass is 35.5. The number of fused-ring (bicyclic) bond motifs is 1. The summed E-state index contributed by atoms with van der Waals surface area (Å²) in [5.74, 6) is 0. The second kappa shape index (κ2) is 8.79. The molecule has 1 aliphatic rings. The van der Waals surface area contributed by atoms with E-state index in [1.807, 2.05) is 69.3 Å². The molecule has 31 heavy (non-hydrogen) atoms. The van der Waals surface area contributed by atoms with Crippen molar-refractivity contribution in [1.29, 1.82) is 0 Å². The van der Waals surface area contributed by atoms with Crippen LogP contribution in [0, 0.1) is 0 Å². The van der Waals surface area contributed by atoms with Gasteiger partial charge in [-0.15, -0.1) is 0 Å². The van der Waals surface area contributed by atoms with Gasteiger partial charge in [0.05, 0.1) is 24.1 Å². The zero-order valence-corrected chi connectivity index (χ0v) is 18.9. The van der Waals surface area contributed by atoms with Crippen LogP contribution in [-0.4, -0.2) is 45.3 Å². The zero-order valence-electron chi connectivity index (χ0n) is 18.2. The number of hydrogen-bond acceptors (Lipinski definition) is 4. The largest absolute Gasteiger partial charge is 0.459 e. The van der Waals surface area contributed by atoms with Crippen molar-refractivity contribution in [1.82, 2.24) is 14.5 Å². The molecule has 0 N–H and O–H groups in total. The Morgan fingerprint density at radius 2 is 1.90 bits per heavy atom. The Morgan fingerprint density at radius 3 is 2.65 bits per heavy atom. The monoisotopic (exact) mass is 441 g/mol. The van der Waals surface area contributed by atoms with Gasteiger partial charge >= 0.3 is 6.09 Å². The molecule has 1 atom stereocenters. The zero-order chi connectivity index (χ0) is 22.0. The van der Waals surface area contributed by atoms with E-state index in [0.717, 1.165) is 29.4 Å². The molecule has 4 rings (SSSR count). The fraction of sp³-hybridized carbons (Fsp3) is 0.417. The average Bonchev–Trinajstić information content (AvgIpc) is 3.06. The van der Waals surface area contributed by atoms with Gasteiger partial charge in [-0.2, -0.15) is 4.98 Å². The van der Waals surface area contributed by atoms with Crippen LogP contribution >= 0.6 is 11.6 Å². The van der Waals surface area contributed by atoms with Crippen LogP contribution in [0.4, 0.5) is 4.79 Å². The molecule has 1 amide bonds. The van der Waals surface area contributed by atoms with E-state index in [-0.39, 0.29) is 12.2 Å². The summed E-state index contributed by atoms with van der Waals surface area (Å²) in [5, 5.41) is 0.708. The van der Waals surface area contributed by atoms with E-state index >= 15 is 0 Å². The molecule has 164 valence electrons. The summed E-state index contributed by atoms with van der Waals surface area (Å²) in [6.07, 6.45) is 1.29. The third kappa shape index (κ3) is 5.31. The van der Waals surface area contributed by atoms with Gasteiger partial charge in [0.2, 0.25) is 0 Å². The van der Waals surface area contributed by atoms with Crippen molar-refractivity contribution in [3.05, 3.63) is 59.1 Å². The molecule has 0 saturated carbocycles. The summed E-state index contributed by atoms with van der Waals surface area (Å²) in [7, 11) is 0. The molecular weight excluding hydrogens is 414 g/mol. The first kappa shape index (κ1) is 21.5. The number of imidazole rings is 1. The van der Waals surface area contributed by atoms with E-state index in [9.17, 15) is 4.79 Å². The lowest BCUT2D eigenvalue weighted by Crippen LogP contribution is -2.46. The average molecular weight is 442 g/mol. The number of aromatic nitrogens is 2. The van der Waals surface area contributed by atoms with Crippen LogP contribution < -0.4 is 4.74 Å². The van der Waals surface area contributed by atoms with Crippen LogP contribution in [0.2, 0.25) is 5.02 Å². The quantitative estimate of drug-likeness (QED) is 0.535.